The molecule has 1 saturated carbocycles. The van der Waals surface area contributed by atoms with Crippen LogP contribution in [0, 0.1) is 23.7 Å². The number of likely N-dealkylation sites (N-methyl/N-ethyl adjacent to an activating group) is 1. The second-order valence-corrected chi connectivity index (χ2v) is 15.8. The largest absolute Gasteiger partial charge is 0.508 e. The number of methoxy groups -OCH3 is 1. The van der Waals surface area contributed by atoms with Crippen LogP contribution >= 0.6 is 0 Å². The molecular formula is C42H50N4O11. The molecule has 1 amide bonds. The molecule has 4 fully saturated rings. The van der Waals surface area contributed by atoms with Crippen LogP contribution in [0.3, 0.4) is 0 Å². The minimum absolute atomic E-state index is 0. The summed E-state index contributed by atoms with van der Waals surface area (Å²) in [4.78, 5) is 46.8. The van der Waals surface area contributed by atoms with Crippen LogP contribution < -0.4 is 10.5 Å². The number of aromatic hydroxyl groups is 1. The first-order valence-corrected chi connectivity index (χ1v) is 18.7. The van der Waals surface area contributed by atoms with E-state index in [0.717, 1.165) is 41.7 Å². The van der Waals surface area contributed by atoms with Gasteiger partial charge >= 0.3 is 0 Å². The predicted molar refractivity (Wildman–Crippen MR) is 209 cm³/mol. The van der Waals surface area contributed by atoms with Crippen molar-refractivity contribution in [1.29, 1.82) is 0 Å². The van der Waals surface area contributed by atoms with E-state index in [0.29, 0.717) is 17.4 Å². The van der Waals surface area contributed by atoms with Gasteiger partial charge in [0.05, 0.1) is 42.4 Å². The maximum absolute atomic E-state index is 13.7. The highest BCUT2D eigenvalue weighted by Gasteiger charge is 2.68. The summed E-state index contributed by atoms with van der Waals surface area (Å²) in [6.07, 6.45) is 4.03. The molecule has 11 atom stereocenters. The summed E-state index contributed by atoms with van der Waals surface area (Å²) in [5, 5.41) is 67.0. The Kier molecular flexibility index (Phi) is 11.1. The van der Waals surface area contributed by atoms with Crippen molar-refractivity contribution >= 4 is 34.1 Å². The Bertz CT molecular complexity index is 2200. The first-order valence-electron chi connectivity index (χ1n) is 18.7. The second kappa shape index (κ2) is 15.3. The van der Waals surface area contributed by atoms with Gasteiger partial charge in [-0.05, 0) is 92.7 Å². The number of hydrogen-bond donors (Lipinski definition) is 7. The topological polar surface area (TPSA) is 259 Å². The zero-order chi connectivity index (χ0) is 40.5. The number of ether oxygens (including phenoxy) is 1. The first-order chi connectivity index (χ1) is 26.6. The van der Waals surface area contributed by atoms with E-state index in [1.807, 2.05) is 24.3 Å². The van der Waals surface area contributed by atoms with E-state index >= 15 is 0 Å². The van der Waals surface area contributed by atoms with Crippen LogP contribution in [-0.2, 0) is 14.4 Å². The quantitative estimate of drug-likeness (QED) is 0.139. The number of hydrogen-bond acceptors (Lipinski definition) is 13. The van der Waals surface area contributed by atoms with Crippen LogP contribution in [0.5, 0.6) is 11.5 Å². The van der Waals surface area contributed by atoms with E-state index < -0.39 is 81.7 Å². The molecule has 304 valence electrons. The van der Waals surface area contributed by atoms with Gasteiger partial charge in [0.25, 0.3) is 5.91 Å². The number of pyridine rings is 1. The molecule has 15 nitrogen and oxygen atoms in total. The number of benzene rings is 2. The lowest BCUT2D eigenvalue weighted by molar-refractivity contribution is -0.169. The lowest BCUT2D eigenvalue weighted by Crippen LogP contribution is -2.70. The molecule has 6 aliphatic rings. The van der Waals surface area contributed by atoms with Gasteiger partial charge < -0.3 is 46.6 Å². The number of piperidine rings is 3. The van der Waals surface area contributed by atoms with Crippen molar-refractivity contribution in [3.63, 3.8) is 0 Å². The van der Waals surface area contributed by atoms with E-state index in [-0.39, 0.29) is 22.8 Å². The van der Waals surface area contributed by atoms with Gasteiger partial charge in [-0.15, -0.1) is 6.58 Å². The Labute approximate surface area is 329 Å². The Balaban J connectivity index is 0.000000196. The number of Topliss-reactive ketones (excluding diaryl/α,β-unsaturated/α-hetero) is 2. The van der Waals surface area contributed by atoms with Gasteiger partial charge in [-0.1, -0.05) is 25.1 Å². The third-order valence-electron chi connectivity index (χ3n) is 12.8. The molecule has 0 spiro atoms. The molecule has 9 rings (SSSR count). The molecule has 2 aromatic carbocycles. The number of aromatic nitrogens is 1. The second-order valence-electron chi connectivity index (χ2n) is 15.8. The van der Waals surface area contributed by atoms with Gasteiger partial charge in [-0.2, -0.15) is 0 Å². The van der Waals surface area contributed by atoms with Crippen molar-refractivity contribution in [3.05, 3.63) is 94.9 Å². The SMILES string of the molecule is C=C[C@H]1CN2CC[C@H]1C[C@H]2[C@H](O)c1ccnc2ccc(OC)cc12.C[C@H]1c2cccc(O)c2C(O)=C2C(=O)[C@]3(O)C(O)=C(C(N)=O)C(=O)[C@@H](N(C)C)[C@@H]3[C@@H](O)[C@@H]21.O. The van der Waals surface area contributed by atoms with Crippen LogP contribution in [0.1, 0.15) is 48.5 Å². The number of phenols is 1. The number of rotatable bonds is 6. The number of amides is 1. The Morgan fingerprint density at radius 1 is 1.16 bits per heavy atom. The molecule has 15 heteroatoms. The average Bonchev–Trinajstić information content (AvgIpc) is 3.18. The number of carbonyl (C=O) groups excluding carboxylic acids is 3. The third kappa shape index (κ3) is 6.29. The number of aliphatic hydroxyl groups is 5. The van der Waals surface area contributed by atoms with Gasteiger partial charge in [0.2, 0.25) is 5.78 Å². The molecule has 57 heavy (non-hydrogen) atoms. The Morgan fingerprint density at radius 2 is 1.88 bits per heavy atom. The Morgan fingerprint density at radius 3 is 2.49 bits per heavy atom. The number of primary amides is 1. The molecule has 1 unspecified atom stereocenters. The van der Waals surface area contributed by atoms with E-state index in [2.05, 4.69) is 22.5 Å². The maximum atomic E-state index is 13.7. The van der Waals surface area contributed by atoms with Gasteiger partial charge in [0.15, 0.2) is 11.4 Å². The summed E-state index contributed by atoms with van der Waals surface area (Å²) < 4.78 is 5.35. The number of aliphatic hydroxyl groups excluding tert-OH is 4. The van der Waals surface area contributed by atoms with Crippen LogP contribution in [0.15, 0.2) is 78.2 Å². The molecular weight excluding hydrogens is 736 g/mol. The average molecular weight is 787 g/mol. The fourth-order valence-corrected chi connectivity index (χ4v) is 10.0. The fourth-order valence-electron chi connectivity index (χ4n) is 10.0. The zero-order valence-corrected chi connectivity index (χ0v) is 32.2. The van der Waals surface area contributed by atoms with Crippen molar-refractivity contribution in [2.24, 2.45) is 29.4 Å². The molecule has 3 saturated heterocycles. The first kappa shape index (κ1) is 41.5. The van der Waals surface area contributed by atoms with Crippen molar-refractivity contribution in [2.45, 2.75) is 55.6 Å². The van der Waals surface area contributed by atoms with E-state index in [4.69, 9.17) is 10.5 Å². The third-order valence-corrected chi connectivity index (χ3v) is 12.8. The van der Waals surface area contributed by atoms with Crippen LogP contribution in [0.2, 0.25) is 0 Å². The highest BCUT2D eigenvalue weighted by Crippen LogP contribution is 2.56. The van der Waals surface area contributed by atoms with Gasteiger partial charge in [-0.25, -0.2) is 0 Å². The summed E-state index contributed by atoms with van der Waals surface area (Å²) >= 11 is 0. The summed E-state index contributed by atoms with van der Waals surface area (Å²) in [6, 6.07) is 11.1. The van der Waals surface area contributed by atoms with Crippen molar-refractivity contribution in [1.82, 2.24) is 14.8 Å². The number of phenolic OH excluding ortho intramolecular Hbond substituents is 1. The highest BCUT2D eigenvalue weighted by molar-refractivity contribution is 6.24. The molecule has 4 heterocycles. The lowest BCUT2D eigenvalue weighted by atomic mass is 9.54. The molecule has 10 N–H and O–H groups in total. The highest BCUT2D eigenvalue weighted by atomic mass is 16.5. The minimum Gasteiger partial charge on any atom is -0.508 e. The standard InChI is InChI=1S/C22H24N2O8.C20H24N2O2.H2O/c1-7-8-5-4-6-9(25)11(8)16(26)12-10(7)17(27)14-15(24(2)3)18(28)13(21(23)31)20(30)22(14,32)19(12)29;1-3-13-12-22-9-7-14(13)10-19(22)20(23)16-6-8-21-18-5-4-15(24-2)11-17(16)18;/h4-7,10,14-15,17,25-27,30,32H,1-3H3,(H2,23,31);3-6,8,11,13-14,19-20,23H,1,7,9-10,12H2,2H3;1H2/t7-,10+,14+,15-,17-,22-;13-,14-,19-,20+;/m00./s1. The number of nitrogens with zero attached hydrogens (tertiary/aromatic N) is 3. The normalized spacial score (nSPS) is 32.0. The minimum atomic E-state index is -2.89. The van der Waals surface area contributed by atoms with E-state index in [1.54, 1.807) is 32.4 Å². The summed E-state index contributed by atoms with van der Waals surface area (Å²) in [6.45, 7) is 7.75. The number of ketones is 2. The van der Waals surface area contributed by atoms with Gasteiger partial charge in [0.1, 0.15) is 28.6 Å². The number of carbonyl (C=O) groups is 3. The maximum Gasteiger partial charge on any atom is 0.255 e. The Hall–Kier alpha value is -5.16. The fraction of sp³-hybridized carbons (Fsp3) is 0.429. The smallest absolute Gasteiger partial charge is 0.255 e. The predicted octanol–water partition coefficient (Wildman–Crippen LogP) is 1.84. The molecule has 2 bridgehead atoms. The molecule has 0 radical (unpaired) electrons. The summed E-state index contributed by atoms with van der Waals surface area (Å²) in [5.74, 6) is -6.86. The molecule has 3 aromatic rings. The van der Waals surface area contributed by atoms with Crippen LogP contribution in [0.4, 0.5) is 0 Å². The molecule has 3 aliphatic heterocycles. The number of nitrogens with two attached hydrogens (primary N) is 1. The molecule has 3 aliphatic carbocycles. The number of fused-ring (bicyclic) bond motifs is 7. The summed E-state index contributed by atoms with van der Waals surface area (Å²) in [7, 11) is 4.58. The summed E-state index contributed by atoms with van der Waals surface area (Å²) in [5.41, 5.74) is 3.31. The van der Waals surface area contributed by atoms with Crippen LogP contribution in [0.25, 0.3) is 16.7 Å². The van der Waals surface area contributed by atoms with Crippen LogP contribution in [-0.4, -0.2) is 126 Å². The monoisotopic (exact) mass is 786 g/mol. The molecule has 1 aromatic heterocycles. The zero-order valence-electron chi connectivity index (χ0n) is 32.2. The van der Waals surface area contributed by atoms with Crippen molar-refractivity contribution in [2.75, 3.05) is 34.3 Å². The van der Waals surface area contributed by atoms with Gasteiger partial charge in [0, 0.05) is 35.7 Å². The van der Waals surface area contributed by atoms with Crippen molar-refractivity contribution in [3.8, 4) is 11.5 Å². The lowest BCUT2D eigenvalue weighted by Gasteiger charge is -2.53. The van der Waals surface area contributed by atoms with Gasteiger partial charge in [-0.3, -0.25) is 29.2 Å². The van der Waals surface area contributed by atoms with E-state index in [1.165, 1.54) is 31.5 Å². The van der Waals surface area contributed by atoms with E-state index in [9.17, 15) is 45.0 Å². The van der Waals surface area contributed by atoms with Crippen molar-refractivity contribution < 1.29 is 55.2 Å².